The number of aromatic amines is 1. The van der Waals surface area contributed by atoms with Crippen molar-refractivity contribution in [2.45, 2.75) is 38.8 Å². The zero-order chi connectivity index (χ0) is 21.1. The maximum atomic E-state index is 13.1. The second kappa shape index (κ2) is 9.02. The Bertz CT molecular complexity index is 1060. The number of hydrogen-bond donors (Lipinski definition) is 2. The average Bonchev–Trinajstić information content (AvgIpc) is 3.42. The van der Waals surface area contributed by atoms with Gasteiger partial charge in [0.15, 0.2) is 0 Å². The molecule has 30 heavy (non-hydrogen) atoms. The van der Waals surface area contributed by atoms with Crippen molar-refractivity contribution < 1.29 is 9.59 Å². The summed E-state index contributed by atoms with van der Waals surface area (Å²) in [4.78, 5) is 29.1. The number of nitrogens with one attached hydrogen (secondary N) is 2. The predicted molar refractivity (Wildman–Crippen MR) is 119 cm³/mol. The number of fused-ring (bicyclic) bond motifs is 1. The molecule has 4 rings (SSSR count). The van der Waals surface area contributed by atoms with Gasteiger partial charge >= 0.3 is 0 Å². The molecule has 0 spiro atoms. The van der Waals surface area contributed by atoms with Gasteiger partial charge in [-0.05, 0) is 48.1 Å². The molecule has 0 saturated carbocycles. The summed E-state index contributed by atoms with van der Waals surface area (Å²) < 4.78 is 0. The van der Waals surface area contributed by atoms with Crippen molar-refractivity contribution in [3.8, 4) is 11.3 Å². The second-order valence-electron chi connectivity index (χ2n) is 7.37. The summed E-state index contributed by atoms with van der Waals surface area (Å²) in [5.41, 5.74) is 2.97. The first-order valence-electron chi connectivity index (χ1n) is 10.0. The van der Waals surface area contributed by atoms with Crippen molar-refractivity contribution in [3.05, 3.63) is 62.9 Å². The molecule has 6 nitrogen and oxygen atoms in total. The zero-order valence-electron chi connectivity index (χ0n) is 16.7. The summed E-state index contributed by atoms with van der Waals surface area (Å²) in [7, 11) is 0. The topological polar surface area (TPSA) is 78.1 Å². The lowest BCUT2D eigenvalue weighted by molar-refractivity contribution is -0.134. The fourth-order valence-electron chi connectivity index (χ4n) is 3.67. The van der Waals surface area contributed by atoms with E-state index in [1.807, 2.05) is 24.0 Å². The van der Waals surface area contributed by atoms with Crippen molar-refractivity contribution in [1.82, 2.24) is 20.4 Å². The standard InChI is InChI=1S/C22H23ClN4O2S/c1-2-4-17(22(29)27-9-7-20-15(13-27)8-10-30-20)24-21(28)19-12-18(25-26-19)14-5-3-6-16(23)11-14/h3,5-6,8,10-12,17H,2,4,7,9,13H2,1H3,(H,24,28)(H,25,26). The van der Waals surface area contributed by atoms with Gasteiger partial charge in [0.1, 0.15) is 11.7 Å². The number of carbonyl (C=O) groups is 2. The number of rotatable bonds is 6. The van der Waals surface area contributed by atoms with Crippen LogP contribution in [0.15, 0.2) is 41.8 Å². The second-order valence-corrected chi connectivity index (χ2v) is 8.81. The van der Waals surface area contributed by atoms with Gasteiger partial charge in [0.05, 0.1) is 5.69 Å². The molecular formula is C22H23ClN4O2S. The van der Waals surface area contributed by atoms with Gasteiger partial charge < -0.3 is 10.2 Å². The lowest BCUT2D eigenvalue weighted by Crippen LogP contribution is -2.49. The molecule has 3 aromatic rings. The van der Waals surface area contributed by atoms with Crippen LogP contribution in [0.25, 0.3) is 11.3 Å². The normalized spacial score (nSPS) is 14.3. The molecule has 0 bridgehead atoms. The van der Waals surface area contributed by atoms with Gasteiger partial charge in [-0.15, -0.1) is 11.3 Å². The van der Waals surface area contributed by atoms with E-state index in [0.29, 0.717) is 35.9 Å². The smallest absolute Gasteiger partial charge is 0.269 e. The molecule has 2 N–H and O–H groups in total. The fourth-order valence-corrected chi connectivity index (χ4v) is 4.75. The van der Waals surface area contributed by atoms with Crippen LogP contribution in [0.3, 0.4) is 0 Å². The zero-order valence-corrected chi connectivity index (χ0v) is 18.2. The molecule has 1 aliphatic heterocycles. The number of H-pyrrole nitrogens is 1. The Morgan fingerprint density at radius 1 is 1.33 bits per heavy atom. The number of benzene rings is 1. The molecule has 2 amide bonds. The molecule has 156 valence electrons. The van der Waals surface area contributed by atoms with Gasteiger partial charge in [0.2, 0.25) is 5.91 Å². The Labute approximate surface area is 184 Å². The van der Waals surface area contributed by atoms with Crippen molar-refractivity contribution >= 4 is 34.8 Å². The third kappa shape index (κ3) is 4.42. The molecule has 0 saturated heterocycles. The molecule has 0 radical (unpaired) electrons. The number of halogens is 1. The first-order valence-corrected chi connectivity index (χ1v) is 11.3. The number of hydrogen-bond acceptors (Lipinski definition) is 4. The molecule has 1 aromatic carbocycles. The summed E-state index contributed by atoms with van der Waals surface area (Å²) in [6.07, 6.45) is 2.26. The Kier molecular flexibility index (Phi) is 6.20. The van der Waals surface area contributed by atoms with Gasteiger partial charge in [0.25, 0.3) is 5.91 Å². The highest BCUT2D eigenvalue weighted by molar-refractivity contribution is 7.10. The summed E-state index contributed by atoms with van der Waals surface area (Å²) in [6.45, 7) is 3.30. The van der Waals surface area contributed by atoms with E-state index in [1.165, 1.54) is 10.4 Å². The minimum atomic E-state index is -0.555. The number of carbonyl (C=O) groups excluding carboxylic acids is 2. The first kappa shape index (κ1) is 20.6. The lowest BCUT2D eigenvalue weighted by atomic mass is 10.1. The van der Waals surface area contributed by atoms with Crippen LogP contribution in [0.4, 0.5) is 0 Å². The fraction of sp³-hybridized carbons (Fsp3) is 0.318. The first-order chi connectivity index (χ1) is 14.5. The average molecular weight is 443 g/mol. The molecule has 1 atom stereocenters. The third-order valence-electron chi connectivity index (χ3n) is 5.24. The lowest BCUT2D eigenvalue weighted by Gasteiger charge is -2.30. The molecule has 2 aromatic heterocycles. The van der Waals surface area contributed by atoms with E-state index < -0.39 is 6.04 Å². The summed E-state index contributed by atoms with van der Waals surface area (Å²) in [5.74, 6) is -0.368. The molecular weight excluding hydrogens is 420 g/mol. The summed E-state index contributed by atoms with van der Waals surface area (Å²) in [5, 5.41) is 12.6. The van der Waals surface area contributed by atoms with Gasteiger partial charge in [0, 0.05) is 28.6 Å². The van der Waals surface area contributed by atoms with Crippen LogP contribution in [0.1, 0.15) is 40.7 Å². The van der Waals surface area contributed by atoms with Crippen LogP contribution in [0.2, 0.25) is 5.02 Å². The van der Waals surface area contributed by atoms with E-state index in [4.69, 9.17) is 11.6 Å². The van der Waals surface area contributed by atoms with Gasteiger partial charge in [-0.25, -0.2) is 0 Å². The Balaban J connectivity index is 1.45. The number of amides is 2. The highest BCUT2D eigenvalue weighted by Gasteiger charge is 2.29. The van der Waals surface area contributed by atoms with Crippen LogP contribution in [-0.2, 0) is 17.8 Å². The quantitative estimate of drug-likeness (QED) is 0.598. The molecule has 0 fully saturated rings. The maximum absolute atomic E-state index is 13.1. The third-order valence-corrected chi connectivity index (χ3v) is 6.50. The Morgan fingerprint density at radius 3 is 3.00 bits per heavy atom. The molecule has 0 aliphatic carbocycles. The van der Waals surface area contributed by atoms with Gasteiger partial charge in [-0.1, -0.05) is 37.1 Å². The van der Waals surface area contributed by atoms with E-state index in [-0.39, 0.29) is 11.8 Å². The van der Waals surface area contributed by atoms with Crippen molar-refractivity contribution in [2.75, 3.05) is 6.54 Å². The van der Waals surface area contributed by atoms with Crippen molar-refractivity contribution in [2.24, 2.45) is 0 Å². The van der Waals surface area contributed by atoms with E-state index in [1.54, 1.807) is 29.5 Å². The van der Waals surface area contributed by atoms with Gasteiger partial charge in [-0.3, -0.25) is 14.7 Å². The monoisotopic (exact) mass is 442 g/mol. The number of thiophene rings is 1. The van der Waals surface area contributed by atoms with E-state index in [9.17, 15) is 9.59 Å². The molecule has 1 unspecified atom stereocenters. The molecule has 8 heteroatoms. The van der Waals surface area contributed by atoms with E-state index >= 15 is 0 Å². The summed E-state index contributed by atoms with van der Waals surface area (Å²) in [6, 6.07) is 10.5. The SMILES string of the molecule is CCCC(NC(=O)c1cc(-c2cccc(Cl)c2)n[nH]1)C(=O)N1CCc2sccc2C1. The van der Waals surface area contributed by atoms with E-state index in [2.05, 4.69) is 27.0 Å². The Morgan fingerprint density at radius 2 is 2.20 bits per heavy atom. The van der Waals surface area contributed by atoms with Crippen molar-refractivity contribution in [1.29, 1.82) is 0 Å². The highest BCUT2D eigenvalue weighted by atomic mass is 35.5. The predicted octanol–water partition coefficient (Wildman–Crippen LogP) is 4.28. The van der Waals surface area contributed by atoms with Crippen LogP contribution in [0.5, 0.6) is 0 Å². The van der Waals surface area contributed by atoms with E-state index in [0.717, 1.165) is 18.4 Å². The van der Waals surface area contributed by atoms with Crippen LogP contribution in [-0.4, -0.2) is 39.5 Å². The summed E-state index contributed by atoms with van der Waals surface area (Å²) >= 11 is 7.78. The van der Waals surface area contributed by atoms with Crippen molar-refractivity contribution in [3.63, 3.8) is 0 Å². The largest absolute Gasteiger partial charge is 0.339 e. The minimum Gasteiger partial charge on any atom is -0.339 e. The van der Waals surface area contributed by atoms with Crippen LogP contribution < -0.4 is 5.32 Å². The highest BCUT2D eigenvalue weighted by Crippen LogP contribution is 2.25. The number of aromatic nitrogens is 2. The maximum Gasteiger partial charge on any atom is 0.269 e. The van der Waals surface area contributed by atoms with Crippen LogP contribution >= 0.6 is 22.9 Å². The minimum absolute atomic E-state index is 0.0309. The Hall–Kier alpha value is -2.64. The van der Waals surface area contributed by atoms with Gasteiger partial charge in [-0.2, -0.15) is 5.10 Å². The molecule has 1 aliphatic rings. The van der Waals surface area contributed by atoms with Crippen LogP contribution in [0, 0.1) is 0 Å². The number of nitrogens with zero attached hydrogens (tertiary/aromatic N) is 2. The molecule has 3 heterocycles.